The van der Waals surface area contributed by atoms with Crippen molar-refractivity contribution in [1.82, 2.24) is 9.88 Å². The molecule has 3 N–H and O–H groups in total. The molecule has 28 heavy (non-hydrogen) atoms. The number of hydrogen-bond acceptors (Lipinski definition) is 5. The number of benzene rings is 2. The fourth-order valence-electron chi connectivity index (χ4n) is 3.62. The summed E-state index contributed by atoms with van der Waals surface area (Å²) in [6.07, 6.45) is 3.69. The van der Waals surface area contributed by atoms with Crippen molar-refractivity contribution < 1.29 is 9.90 Å². The molecule has 1 amide bonds. The first-order chi connectivity index (χ1) is 13.7. The Kier molecular flexibility index (Phi) is 5.39. The van der Waals surface area contributed by atoms with Gasteiger partial charge in [-0.1, -0.05) is 12.1 Å². The number of nitrogens with one attached hydrogen (secondary N) is 2. The third kappa shape index (κ3) is 4.58. The van der Waals surface area contributed by atoms with Crippen molar-refractivity contribution in [2.24, 2.45) is 0 Å². The van der Waals surface area contributed by atoms with E-state index in [4.69, 9.17) is 0 Å². The molecule has 0 aliphatic carbocycles. The number of carbonyl (C=O) groups is 1. The maximum Gasteiger partial charge on any atom is 0.238 e. The van der Waals surface area contributed by atoms with Crippen LogP contribution in [0, 0.1) is 0 Å². The molecule has 144 valence electrons. The van der Waals surface area contributed by atoms with Crippen molar-refractivity contribution in [3.05, 3.63) is 60.8 Å². The summed E-state index contributed by atoms with van der Waals surface area (Å²) in [5.41, 5.74) is 2.65. The van der Waals surface area contributed by atoms with E-state index in [1.54, 1.807) is 18.3 Å². The van der Waals surface area contributed by atoms with Crippen LogP contribution in [0.5, 0.6) is 5.75 Å². The second kappa shape index (κ2) is 8.27. The summed E-state index contributed by atoms with van der Waals surface area (Å²) in [4.78, 5) is 18.9. The zero-order valence-corrected chi connectivity index (χ0v) is 15.6. The zero-order chi connectivity index (χ0) is 19.3. The van der Waals surface area contributed by atoms with Gasteiger partial charge in [0.25, 0.3) is 0 Å². The molecule has 0 atom stereocenters. The molecule has 1 saturated heterocycles. The lowest BCUT2D eigenvalue weighted by Crippen LogP contribution is -2.42. The number of amides is 1. The normalized spacial score (nSPS) is 15.4. The Balaban J connectivity index is 1.26. The minimum atomic E-state index is 0.00244. The maximum atomic E-state index is 12.4. The molecule has 1 aliphatic rings. The van der Waals surface area contributed by atoms with E-state index in [0.717, 1.165) is 48.2 Å². The molecule has 2 aromatic carbocycles. The molecule has 6 nitrogen and oxygen atoms in total. The number of hydrogen-bond donors (Lipinski definition) is 3. The topological polar surface area (TPSA) is 77.5 Å². The van der Waals surface area contributed by atoms with Gasteiger partial charge < -0.3 is 15.7 Å². The summed E-state index contributed by atoms with van der Waals surface area (Å²) in [6, 6.07) is 17.2. The van der Waals surface area contributed by atoms with Gasteiger partial charge in [-0.3, -0.25) is 14.7 Å². The lowest BCUT2D eigenvalue weighted by molar-refractivity contribution is -0.117. The minimum absolute atomic E-state index is 0.00244. The number of aromatic hydroxyl groups is 1. The highest BCUT2D eigenvalue weighted by Gasteiger charge is 2.21. The average molecular weight is 376 g/mol. The number of carbonyl (C=O) groups excluding carboxylic acids is 1. The van der Waals surface area contributed by atoms with Gasteiger partial charge in [-0.2, -0.15) is 0 Å². The second-order valence-electron chi connectivity index (χ2n) is 7.20. The number of phenols is 1. The van der Waals surface area contributed by atoms with Gasteiger partial charge in [-0.15, -0.1) is 0 Å². The van der Waals surface area contributed by atoms with Gasteiger partial charge >= 0.3 is 0 Å². The molecule has 1 aromatic heterocycles. The Hall–Kier alpha value is -3.12. The predicted molar refractivity (Wildman–Crippen MR) is 112 cm³/mol. The van der Waals surface area contributed by atoms with Crippen molar-refractivity contribution in [2.45, 2.75) is 18.9 Å². The van der Waals surface area contributed by atoms with Crippen LogP contribution in [0.3, 0.4) is 0 Å². The molecule has 4 rings (SSSR count). The quantitative estimate of drug-likeness (QED) is 0.636. The SMILES string of the molecule is O=C(CN1CCC(Nc2cccc(O)c2)CC1)Nc1ccc2ncccc2c1. The van der Waals surface area contributed by atoms with Crippen LogP contribution in [0.25, 0.3) is 10.9 Å². The Morgan fingerprint density at radius 2 is 1.93 bits per heavy atom. The first-order valence-electron chi connectivity index (χ1n) is 9.58. The summed E-state index contributed by atoms with van der Waals surface area (Å²) in [5.74, 6) is 0.270. The number of nitrogens with zero attached hydrogens (tertiary/aromatic N) is 2. The van der Waals surface area contributed by atoms with Crippen molar-refractivity contribution >= 4 is 28.2 Å². The Morgan fingerprint density at radius 1 is 1.07 bits per heavy atom. The van der Waals surface area contributed by atoms with Gasteiger partial charge in [0, 0.05) is 48.2 Å². The van der Waals surface area contributed by atoms with Crippen molar-refractivity contribution in [3.63, 3.8) is 0 Å². The molecule has 6 heteroatoms. The highest BCUT2D eigenvalue weighted by molar-refractivity contribution is 5.94. The number of anilines is 2. The number of aromatic nitrogens is 1. The van der Waals surface area contributed by atoms with Crippen LogP contribution < -0.4 is 10.6 Å². The number of phenolic OH excluding ortho intramolecular Hbond substituents is 1. The number of fused-ring (bicyclic) bond motifs is 1. The number of pyridine rings is 1. The molecule has 0 unspecified atom stereocenters. The minimum Gasteiger partial charge on any atom is -0.508 e. The van der Waals surface area contributed by atoms with E-state index >= 15 is 0 Å². The van der Waals surface area contributed by atoms with Gasteiger partial charge in [-0.25, -0.2) is 0 Å². The molecule has 1 aliphatic heterocycles. The first kappa shape index (κ1) is 18.3. The van der Waals surface area contributed by atoms with E-state index in [2.05, 4.69) is 20.5 Å². The standard InChI is InChI=1S/C22H24N4O2/c27-20-5-1-4-18(14-20)24-17-8-11-26(12-9-17)15-22(28)25-19-6-7-21-16(13-19)3-2-10-23-21/h1-7,10,13-14,17,24,27H,8-9,11-12,15H2,(H,25,28). The van der Waals surface area contributed by atoms with Crippen LogP contribution in [-0.2, 0) is 4.79 Å². The van der Waals surface area contributed by atoms with Crippen LogP contribution in [0.4, 0.5) is 11.4 Å². The van der Waals surface area contributed by atoms with Crippen LogP contribution in [-0.4, -0.2) is 46.6 Å². The second-order valence-corrected chi connectivity index (χ2v) is 7.20. The van der Waals surface area contributed by atoms with E-state index in [-0.39, 0.29) is 11.7 Å². The van der Waals surface area contributed by atoms with Gasteiger partial charge in [0.05, 0.1) is 12.1 Å². The zero-order valence-electron chi connectivity index (χ0n) is 15.6. The van der Waals surface area contributed by atoms with Crippen molar-refractivity contribution in [1.29, 1.82) is 0 Å². The molecule has 3 aromatic rings. The largest absolute Gasteiger partial charge is 0.508 e. The van der Waals surface area contributed by atoms with Gasteiger partial charge in [0.1, 0.15) is 5.75 Å². The van der Waals surface area contributed by atoms with Crippen molar-refractivity contribution in [2.75, 3.05) is 30.3 Å². The maximum absolute atomic E-state index is 12.4. The van der Waals surface area contributed by atoms with Crippen LogP contribution in [0.2, 0.25) is 0 Å². The molecular formula is C22H24N4O2. The van der Waals surface area contributed by atoms with Crippen LogP contribution in [0.1, 0.15) is 12.8 Å². The fraction of sp³-hybridized carbons (Fsp3) is 0.273. The predicted octanol–water partition coefficient (Wildman–Crippen LogP) is 3.46. The van der Waals surface area contributed by atoms with E-state index in [0.29, 0.717) is 12.6 Å². The monoisotopic (exact) mass is 376 g/mol. The molecular weight excluding hydrogens is 352 g/mol. The third-order valence-corrected chi connectivity index (χ3v) is 5.06. The van der Waals surface area contributed by atoms with E-state index in [1.807, 2.05) is 42.5 Å². The fourth-order valence-corrected chi connectivity index (χ4v) is 3.62. The summed E-state index contributed by atoms with van der Waals surface area (Å²) in [5, 5.41) is 17.0. The number of piperidine rings is 1. The molecule has 0 spiro atoms. The Morgan fingerprint density at radius 3 is 2.75 bits per heavy atom. The molecule has 1 fully saturated rings. The lowest BCUT2D eigenvalue weighted by Gasteiger charge is -2.32. The van der Waals surface area contributed by atoms with E-state index in [1.165, 1.54) is 0 Å². The Labute approximate surface area is 164 Å². The lowest BCUT2D eigenvalue weighted by atomic mass is 10.0. The van der Waals surface area contributed by atoms with Crippen molar-refractivity contribution in [3.8, 4) is 5.75 Å². The summed E-state index contributed by atoms with van der Waals surface area (Å²) < 4.78 is 0. The number of rotatable bonds is 5. The summed E-state index contributed by atoms with van der Waals surface area (Å²) in [7, 11) is 0. The van der Waals surface area contributed by atoms with Gasteiger partial charge in [-0.05, 0) is 49.2 Å². The first-order valence-corrected chi connectivity index (χ1v) is 9.58. The van der Waals surface area contributed by atoms with Gasteiger partial charge in [0.2, 0.25) is 5.91 Å². The Bertz CT molecular complexity index is 967. The molecule has 0 bridgehead atoms. The molecule has 0 saturated carbocycles. The smallest absolute Gasteiger partial charge is 0.238 e. The molecule has 0 radical (unpaired) electrons. The van der Waals surface area contributed by atoms with Crippen LogP contribution in [0.15, 0.2) is 60.8 Å². The summed E-state index contributed by atoms with van der Waals surface area (Å²) in [6.45, 7) is 2.13. The van der Waals surface area contributed by atoms with E-state index < -0.39 is 0 Å². The van der Waals surface area contributed by atoms with E-state index in [9.17, 15) is 9.90 Å². The summed E-state index contributed by atoms with van der Waals surface area (Å²) >= 11 is 0. The average Bonchev–Trinajstić information content (AvgIpc) is 2.69. The van der Waals surface area contributed by atoms with Crippen LogP contribution >= 0.6 is 0 Å². The van der Waals surface area contributed by atoms with Gasteiger partial charge in [0.15, 0.2) is 0 Å². The molecule has 2 heterocycles. The highest BCUT2D eigenvalue weighted by Crippen LogP contribution is 2.20. The number of likely N-dealkylation sites (tertiary alicyclic amines) is 1. The third-order valence-electron chi connectivity index (χ3n) is 5.06. The highest BCUT2D eigenvalue weighted by atomic mass is 16.3.